The molecule has 0 fully saturated rings. The summed E-state index contributed by atoms with van der Waals surface area (Å²) < 4.78 is 17.5. The predicted molar refractivity (Wildman–Crippen MR) is 112 cm³/mol. The van der Waals surface area contributed by atoms with Crippen molar-refractivity contribution in [3.05, 3.63) is 76.6 Å². The molecule has 1 aliphatic carbocycles. The van der Waals surface area contributed by atoms with E-state index in [0.29, 0.717) is 17.2 Å². The second-order valence-corrected chi connectivity index (χ2v) is 7.63. The maximum atomic E-state index is 14.3. The summed E-state index contributed by atoms with van der Waals surface area (Å²) >= 11 is 0. The summed E-state index contributed by atoms with van der Waals surface area (Å²) in [4.78, 5) is 13.1. The number of amides is 1. The maximum Gasteiger partial charge on any atom is 0.276 e. The molecule has 1 amide bonds. The Labute approximate surface area is 177 Å². The van der Waals surface area contributed by atoms with Crippen LogP contribution in [-0.4, -0.2) is 35.9 Å². The lowest BCUT2D eigenvalue weighted by atomic mass is 10.2. The highest BCUT2D eigenvalue weighted by Gasteiger charge is 2.27. The molecule has 2 heterocycles. The third kappa shape index (κ3) is 3.37. The highest BCUT2D eigenvalue weighted by Crippen LogP contribution is 2.29. The fourth-order valence-corrected chi connectivity index (χ4v) is 3.92. The molecule has 0 saturated heterocycles. The molecule has 5 rings (SSSR count). The van der Waals surface area contributed by atoms with E-state index in [2.05, 4.69) is 25.9 Å². The Morgan fingerprint density at radius 2 is 1.87 bits per heavy atom. The van der Waals surface area contributed by atoms with Gasteiger partial charge < -0.3 is 5.32 Å². The number of aryl methyl sites for hydroxylation is 2. The minimum Gasteiger partial charge on any atom is -0.321 e. The topological polar surface area (TPSA) is 90.5 Å². The number of rotatable bonds is 4. The quantitative estimate of drug-likeness (QED) is 0.550. The number of nitrogens with one attached hydrogen (secondary N) is 1. The van der Waals surface area contributed by atoms with E-state index < -0.39 is 5.82 Å². The number of fused-ring (bicyclic) bond motifs is 1. The van der Waals surface area contributed by atoms with Crippen LogP contribution in [-0.2, 0) is 12.8 Å². The van der Waals surface area contributed by atoms with E-state index >= 15 is 0 Å². The molecule has 0 aliphatic heterocycles. The smallest absolute Gasteiger partial charge is 0.276 e. The number of halogens is 1. The third-order valence-electron chi connectivity index (χ3n) is 5.48. The van der Waals surface area contributed by atoms with Crippen molar-refractivity contribution >= 4 is 11.6 Å². The minimum atomic E-state index is -0.488. The number of aromatic nitrogens is 6. The van der Waals surface area contributed by atoms with Crippen molar-refractivity contribution in [1.29, 1.82) is 0 Å². The monoisotopic (exact) mass is 417 g/mol. The SMILES string of the molecule is Cc1ccc(-n2nc(C(=O)Nc3ccc(F)c(-n4nnnc4C)c3)c3c2CCC3)cc1. The van der Waals surface area contributed by atoms with Crippen LogP contribution >= 0.6 is 0 Å². The molecule has 1 aliphatic rings. The van der Waals surface area contributed by atoms with Crippen LogP contribution in [0.4, 0.5) is 10.1 Å². The van der Waals surface area contributed by atoms with E-state index in [0.717, 1.165) is 41.8 Å². The second kappa shape index (κ2) is 7.42. The van der Waals surface area contributed by atoms with E-state index in [1.807, 2.05) is 35.9 Å². The Hall–Kier alpha value is -3.88. The van der Waals surface area contributed by atoms with Gasteiger partial charge in [0.05, 0.1) is 5.69 Å². The van der Waals surface area contributed by atoms with Crippen molar-refractivity contribution in [3.63, 3.8) is 0 Å². The van der Waals surface area contributed by atoms with Crippen molar-refractivity contribution in [2.24, 2.45) is 0 Å². The molecule has 0 atom stereocenters. The van der Waals surface area contributed by atoms with Crippen molar-refractivity contribution in [2.75, 3.05) is 5.32 Å². The third-order valence-corrected chi connectivity index (χ3v) is 5.48. The molecule has 0 saturated carbocycles. The van der Waals surface area contributed by atoms with Gasteiger partial charge in [0.1, 0.15) is 11.5 Å². The first kappa shape index (κ1) is 19.1. The molecule has 9 heteroatoms. The molecule has 8 nitrogen and oxygen atoms in total. The van der Waals surface area contributed by atoms with Crippen molar-refractivity contribution in [3.8, 4) is 11.4 Å². The Bertz CT molecular complexity index is 1290. The highest BCUT2D eigenvalue weighted by atomic mass is 19.1. The zero-order valence-electron chi connectivity index (χ0n) is 17.1. The van der Waals surface area contributed by atoms with E-state index in [1.54, 1.807) is 6.92 Å². The van der Waals surface area contributed by atoms with Gasteiger partial charge in [-0.15, -0.1) is 5.10 Å². The average Bonchev–Trinajstić information content (AvgIpc) is 3.47. The van der Waals surface area contributed by atoms with Crippen LogP contribution in [0.3, 0.4) is 0 Å². The number of hydrogen-bond donors (Lipinski definition) is 1. The fraction of sp³-hybridized carbons (Fsp3) is 0.227. The second-order valence-electron chi connectivity index (χ2n) is 7.63. The first-order valence-electron chi connectivity index (χ1n) is 10.1. The standard InChI is InChI=1S/C22H20FN7O/c1-13-6-9-16(10-7-13)30-19-5-3-4-17(19)21(26-30)22(31)24-15-8-11-18(23)20(12-15)29-14(2)25-27-28-29/h6-12H,3-5H2,1-2H3,(H,24,31). The molecule has 2 aromatic carbocycles. The van der Waals surface area contributed by atoms with Crippen LogP contribution in [0.5, 0.6) is 0 Å². The van der Waals surface area contributed by atoms with Crippen LogP contribution in [0.15, 0.2) is 42.5 Å². The normalized spacial score (nSPS) is 12.7. The van der Waals surface area contributed by atoms with Crippen molar-refractivity contribution in [2.45, 2.75) is 33.1 Å². The van der Waals surface area contributed by atoms with Crippen LogP contribution in [0, 0.1) is 19.7 Å². The lowest BCUT2D eigenvalue weighted by molar-refractivity contribution is 0.102. The molecule has 0 radical (unpaired) electrons. The number of hydrogen-bond acceptors (Lipinski definition) is 5. The van der Waals surface area contributed by atoms with E-state index in [1.165, 1.54) is 22.9 Å². The maximum absolute atomic E-state index is 14.3. The molecule has 0 spiro atoms. The average molecular weight is 417 g/mol. The van der Waals surface area contributed by atoms with Crippen LogP contribution in [0.2, 0.25) is 0 Å². The van der Waals surface area contributed by atoms with Gasteiger partial charge in [0.15, 0.2) is 11.5 Å². The molecule has 4 aromatic rings. The molecule has 2 aromatic heterocycles. The molecular formula is C22H20FN7O. The summed E-state index contributed by atoms with van der Waals surface area (Å²) in [7, 11) is 0. The molecule has 1 N–H and O–H groups in total. The number of tetrazole rings is 1. The fourth-order valence-electron chi connectivity index (χ4n) is 3.92. The molecular weight excluding hydrogens is 397 g/mol. The van der Waals surface area contributed by atoms with Gasteiger partial charge in [-0.05, 0) is 73.9 Å². The van der Waals surface area contributed by atoms with Crippen molar-refractivity contribution in [1.82, 2.24) is 30.0 Å². The Kier molecular flexibility index (Phi) is 4.58. The van der Waals surface area contributed by atoms with Gasteiger partial charge in [0, 0.05) is 16.9 Å². The van der Waals surface area contributed by atoms with Gasteiger partial charge in [-0.3, -0.25) is 4.79 Å². The Morgan fingerprint density at radius 3 is 2.61 bits per heavy atom. The first-order chi connectivity index (χ1) is 15.0. The van der Waals surface area contributed by atoms with Gasteiger partial charge >= 0.3 is 0 Å². The van der Waals surface area contributed by atoms with E-state index in [4.69, 9.17) is 0 Å². The van der Waals surface area contributed by atoms with Crippen LogP contribution < -0.4 is 5.32 Å². The van der Waals surface area contributed by atoms with E-state index in [-0.39, 0.29) is 11.6 Å². The van der Waals surface area contributed by atoms with Gasteiger partial charge in [-0.25, -0.2) is 9.07 Å². The van der Waals surface area contributed by atoms with E-state index in [9.17, 15) is 9.18 Å². The lowest BCUT2D eigenvalue weighted by Crippen LogP contribution is -2.15. The largest absolute Gasteiger partial charge is 0.321 e. The van der Waals surface area contributed by atoms with Crippen LogP contribution in [0.1, 0.15) is 39.6 Å². The first-order valence-corrected chi connectivity index (χ1v) is 10.1. The summed E-state index contributed by atoms with van der Waals surface area (Å²) in [5.41, 5.74) is 5.13. The van der Waals surface area contributed by atoms with Gasteiger partial charge in [-0.2, -0.15) is 9.78 Å². The summed E-state index contributed by atoms with van der Waals surface area (Å²) in [6.45, 7) is 3.70. The number of nitrogens with zero attached hydrogens (tertiary/aromatic N) is 6. The van der Waals surface area contributed by atoms with Gasteiger partial charge in [-0.1, -0.05) is 17.7 Å². The zero-order valence-corrected chi connectivity index (χ0v) is 17.1. The Balaban J connectivity index is 1.47. The van der Waals surface area contributed by atoms with Crippen LogP contribution in [0.25, 0.3) is 11.4 Å². The summed E-state index contributed by atoms with van der Waals surface area (Å²) in [5, 5.41) is 18.6. The number of anilines is 1. The highest BCUT2D eigenvalue weighted by molar-refractivity contribution is 6.04. The number of carbonyl (C=O) groups excluding carboxylic acids is 1. The molecule has 31 heavy (non-hydrogen) atoms. The number of benzene rings is 2. The summed E-state index contributed by atoms with van der Waals surface area (Å²) in [6, 6.07) is 12.4. The molecule has 156 valence electrons. The minimum absolute atomic E-state index is 0.163. The molecule has 0 bridgehead atoms. The molecule has 0 unspecified atom stereocenters. The van der Waals surface area contributed by atoms with Gasteiger partial charge in [0.2, 0.25) is 0 Å². The predicted octanol–water partition coefficient (Wildman–Crippen LogP) is 3.34. The zero-order chi connectivity index (χ0) is 21.5. The summed E-state index contributed by atoms with van der Waals surface area (Å²) in [6.07, 6.45) is 2.67. The van der Waals surface area contributed by atoms with Crippen molar-refractivity contribution < 1.29 is 9.18 Å². The lowest BCUT2D eigenvalue weighted by Gasteiger charge is -2.09. The number of carbonyl (C=O) groups is 1. The Morgan fingerprint density at radius 1 is 1.06 bits per heavy atom. The summed E-state index contributed by atoms with van der Waals surface area (Å²) in [5.74, 6) is -0.370. The van der Waals surface area contributed by atoms with Gasteiger partial charge in [0.25, 0.3) is 5.91 Å².